The molecule has 1 N–H and O–H groups in total. The molecule has 2 heterocycles. The first kappa shape index (κ1) is 22.1. The number of para-hydroxylation sites is 1. The number of halogens is 4. The van der Waals surface area contributed by atoms with Crippen molar-refractivity contribution in [2.75, 3.05) is 5.32 Å². The number of rotatable bonds is 7. The molecule has 0 fully saturated rings. The number of amides is 1. The Morgan fingerprint density at radius 3 is 2.50 bits per heavy atom. The molecule has 32 heavy (non-hydrogen) atoms. The number of ether oxygens (including phenoxy) is 1. The molecule has 164 valence electrons. The first-order valence-corrected chi connectivity index (χ1v) is 10.4. The molecule has 0 saturated heterocycles. The molecule has 0 aliphatic heterocycles. The summed E-state index contributed by atoms with van der Waals surface area (Å²) in [7, 11) is 0. The Kier molecular flexibility index (Phi) is 6.64. The van der Waals surface area contributed by atoms with E-state index in [0.29, 0.717) is 32.1 Å². The first-order chi connectivity index (χ1) is 15.4. The summed E-state index contributed by atoms with van der Waals surface area (Å²) in [5.74, 6) is -0.535. The van der Waals surface area contributed by atoms with Crippen molar-refractivity contribution in [3.05, 3.63) is 93.2 Å². The summed E-state index contributed by atoms with van der Waals surface area (Å²) in [5.41, 5.74) is 0.910. The third-order valence-electron chi connectivity index (χ3n) is 4.41. The van der Waals surface area contributed by atoms with Gasteiger partial charge in [-0.2, -0.15) is 10.2 Å². The molecule has 0 atom stereocenters. The number of carbonyl (C=O) groups is 1. The van der Waals surface area contributed by atoms with E-state index >= 15 is 0 Å². The molecule has 2 aromatic carbocycles. The van der Waals surface area contributed by atoms with E-state index < -0.39 is 11.7 Å². The number of hydrogen-bond acceptors (Lipinski definition) is 4. The summed E-state index contributed by atoms with van der Waals surface area (Å²) in [4.78, 5) is 12.5. The molecule has 0 aliphatic rings. The smallest absolute Gasteiger partial charge is 0.276 e. The van der Waals surface area contributed by atoms with Gasteiger partial charge in [0.05, 0.1) is 28.5 Å². The number of hydrogen-bond donors (Lipinski definition) is 1. The minimum atomic E-state index is -0.442. The molecule has 0 unspecified atom stereocenters. The fourth-order valence-electron chi connectivity index (χ4n) is 2.86. The van der Waals surface area contributed by atoms with Crippen LogP contribution in [0.3, 0.4) is 0 Å². The zero-order chi connectivity index (χ0) is 22.7. The van der Waals surface area contributed by atoms with E-state index in [0.717, 1.165) is 0 Å². The summed E-state index contributed by atoms with van der Waals surface area (Å²) in [6, 6.07) is 11.0. The van der Waals surface area contributed by atoms with Crippen LogP contribution in [0.1, 0.15) is 16.1 Å². The number of benzene rings is 2. The van der Waals surface area contributed by atoms with Gasteiger partial charge in [0.2, 0.25) is 0 Å². The Morgan fingerprint density at radius 2 is 1.75 bits per heavy atom. The summed E-state index contributed by atoms with van der Waals surface area (Å²) in [6.45, 7) is 0.135. The van der Waals surface area contributed by atoms with Crippen molar-refractivity contribution in [2.45, 2.75) is 13.3 Å². The van der Waals surface area contributed by atoms with Crippen LogP contribution in [0.5, 0.6) is 5.75 Å². The van der Waals surface area contributed by atoms with Crippen LogP contribution in [-0.4, -0.2) is 25.5 Å². The van der Waals surface area contributed by atoms with E-state index in [9.17, 15) is 9.18 Å². The predicted molar refractivity (Wildman–Crippen MR) is 120 cm³/mol. The van der Waals surface area contributed by atoms with Crippen molar-refractivity contribution >= 4 is 46.4 Å². The maximum absolute atomic E-state index is 14.0. The van der Waals surface area contributed by atoms with Crippen LogP contribution in [-0.2, 0) is 13.3 Å². The molecule has 1 amide bonds. The predicted octanol–water partition coefficient (Wildman–Crippen LogP) is 5.52. The maximum Gasteiger partial charge on any atom is 0.276 e. The minimum absolute atomic E-state index is 0.0120. The molecule has 11 heteroatoms. The molecule has 4 rings (SSSR count). The second-order valence-corrected chi connectivity index (χ2v) is 7.87. The highest BCUT2D eigenvalue weighted by molar-refractivity contribution is 6.37. The van der Waals surface area contributed by atoms with Gasteiger partial charge in [0.1, 0.15) is 5.82 Å². The van der Waals surface area contributed by atoms with E-state index in [2.05, 4.69) is 15.5 Å². The minimum Gasteiger partial charge on any atom is -0.468 e. The zero-order valence-electron chi connectivity index (χ0n) is 16.3. The number of aromatic nitrogens is 4. The summed E-state index contributed by atoms with van der Waals surface area (Å²) in [6.07, 6.45) is 4.61. The van der Waals surface area contributed by atoms with Crippen LogP contribution in [0.2, 0.25) is 15.1 Å². The Morgan fingerprint density at radius 1 is 1.03 bits per heavy atom. The van der Waals surface area contributed by atoms with Crippen molar-refractivity contribution in [3.8, 4) is 5.75 Å². The summed E-state index contributed by atoms with van der Waals surface area (Å²) >= 11 is 18.2. The van der Waals surface area contributed by atoms with Crippen LogP contribution < -0.4 is 10.1 Å². The molecule has 0 bridgehead atoms. The van der Waals surface area contributed by atoms with Crippen LogP contribution in [0.4, 0.5) is 10.1 Å². The average molecular weight is 495 g/mol. The SMILES string of the molecule is O=C(Nc1cnn(Cc2c(F)cccc2Cl)c1)c1ccn(COc2c(Cl)cccc2Cl)n1. The topological polar surface area (TPSA) is 74.0 Å². The molecule has 0 saturated carbocycles. The first-order valence-electron chi connectivity index (χ1n) is 9.27. The van der Waals surface area contributed by atoms with Gasteiger partial charge < -0.3 is 10.1 Å². The zero-order valence-corrected chi connectivity index (χ0v) is 18.6. The Balaban J connectivity index is 1.37. The van der Waals surface area contributed by atoms with Crippen molar-refractivity contribution in [3.63, 3.8) is 0 Å². The lowest BCUT2D eigenvalue weighted by molar-refractivity contribution is 0.102. The largest absolute Gasteiger partial charge is 0.468 e. The molecule has 2 aromatic heterocycles. The quantitative estimate of drug-likeness (QED) is 0.367. The van der Waals surface area contributed by atoms with Gasteiger partial charge in [-0.05, 0) is 30.3 Å². The second kappa shape index (κ2) is 9.60. The van der Waals surface area contributed by atoms with Gasteiger partial charge in [0, 0.05) is 23.0 Å². The lowest BCUT2D eigenvalue weighted by Gasteiger charge is -2.09. The second-order valence-electron chi connectivity index (χ2n) is 6.65. The molecular formula is C21H15Cl3FN5O2. The number of nitrogens with one attached hydrogen (secondary N) is 1. The Labute approximate surface area is 197 Å². The third kappa shape index (κ3) is 5.04. The van der Waals surface area contributed by atoms with Crippen molar-refractivity contribution in [1.29, 1.82) is 0 Å². The molecule has 0 aliphatic carbocycles. The lowest BCUT2D eigenvalue weighted by Crippen LogP contribution is -2.14. The van der Waals surface area contributed by atoms with Gasteiger partial charge >= 0.3 is 0 Å². The van der Waals surface area contributed by atoms with Crippen molar-refractivity contribution in [1.82, 2.24) is 19.6 Å². The third-order valence-corrected chi connectivity index (χ3v) is 5.36. The van der Waals surface area contributed by atoms with Gasteiger partial charge in [-0.3, -0.25) is 9.48 Å². The van der Waals surface area contributed by atoms with E-state index in [4.69, 9.17) is 39.5 Å². The van der Waals surface area contributed by atoms with Crippen molar-refractivity contribution < 1.29 is 13.9 Å². The highest BCUT2D eigenvalue weighted by Gasteiger charge is 2.13. The molecule has 0 spiro atoms. The van der Waals surface area contributed by atoms with Gasteiger partial charge in [-0.25, -0.2) is 9.07 Å². The molecule has 4 aromatic rings. The van der Waals surface area contributed by atoms with Gasteiger partial charge in [0.25, 0.3) is 5.91 Å². The monoisotopic (exact) mass is 493 g/mol. The van der Waals surface area contributed by atoms with E-state index in [-0.39, 0.29) is 19.0 Å². The summed E-state index contributed by atoms with van der Waals surface area (Å²) < 4.78 is 22.5. The maximum atomic E-state index is 14.0. The van der Waals surface area contributed by atoms with Crippen LogP contribution in [0, 0.1) is 5.82 Å². The highest BCUT2D eigenvalue weighted by Crippen LogP contribution is 2.32. The number of nitrogens with zero attached hydrogens (tertiary/aromatic N) is 4. The van der Waals surface area contributed by atoms with Crippen LogP contribution >= 0.6 is 34.8 Å². The standard InChI is InChI=1S/C21H15Cl3FN5O2/c22-15-3-2-6-18(25)14(15)11-30-10-13(9-26-30)27-21(31)19-7-8-29(28-19)12-32-20-16(23)4-1-5-17(20)24/h1-10H,11-12H2,(H,27,31). The van der Waals surface area contributed by atoms with E-state index in [1.165, 1.54) is 33.8 Å². The molecule has 0 radical (unpaired) electrons. The molecule has 7 nitrogen and oxygen atoms in total. The molecular weight excluding hydrogens is 480 g/mol. The fourth-order valence-corrected chi connectivity index (χ4v) is 3.59. The summed E-state index contributed by atoms with van der Waals surface area (Å²) in [5, 5.41) is 12.0. The number of anilines is 1. The van der Waals surface area contributed by atoms with E-state index in [1.807, 2.05) is 0 Å². The fraction of sp³-hybridized carbons (Fsp3) is 0.0952. The Hall–Kier alpha value is -3.07. The van der Waals surface area contributed by atoms with Gasteiger partial charge in [-0.1, -0.05) is 46.9 Å². The average Bonchev–Trinajstić information content (AvgIpc) is 3.40. The van der Waals surface area contributed by atoms with Crippen LogP contribution in [0.15, 0.2) is 61.1 Å². The van der Waals surface area contributed by atoms with Crippen LogP contribution in [0.25, 0.3) is 0 Å². The van der Waals surface area contributed by atoms with Gasteiger partial charge in [0.15, 0.2) is 18.2 Å². The Bertz CT molecular complexity index is 1230. The van der Waals surface area contributed by atoms with Gasteiger partial charge in [-0.15, -0.1) is 0 Å². The van der Waals surface area contributed by atoms with Crippen molar-refractivity contribution in [2.24, 2.45) is 0 Å². The highest BCUT2D eigenvalue weighted by atomic mass is 35.5. The number of carbonyl (C=O) groups excluding carboxylic acids is 1. The lowest BCUT2D eigenvalue weighted by atomic mass is 10.2. The van der Waals surface area contributed by atoms with E-state index in [1.54, 1.807) is 36.7 Å². The normalized spacial score (nSPS) is 10.9.